The van der Waals surface area contributed by atoms with Gasteiger partial charge in [-0.05, 0) is 48.7 Å². The minimum absolute atomic E-state index is 0.0121. The molecule has 3 aromatic rings. The lowest BCUT2D eigenvalue weighted by Crippen LogP contribution is -2.52. The topological polar surface area (TPSA) is 96.0 Å². The van der Waals surface area contributed by atoms with E-state index in [2.05, 4.69) is 5.32 Å². The van der Waals surface area contributed by atoms with Gasteiger partial charge >= 0.3 is 0 Å². The largest absolute Gasteiger partial charge is 0.497 e. The van der Waals surface area contributed by atoms with Gasteiger partial charge in [0.05, 0.1) is 17.7 Å². The summed E-state index contributed by atoms with van der Waals surface area (Å²) in [6, 6.07) is 18.4. The van der Waals surface area contributed by atoms with E-state index in [1.165, 1.54) is 30.2 Å². The van der Waals surface area contributed by atoms with E-state index in [0.29, 0.717) is 27.9 Å². The van der Waals surface area contributed by atoms with Gasteiger partial charge < -0.3 is 15.0 Å². The monoisotopic (exact) mass is 619 g/mol. The first-order valence-electron chi connectivity index (χ1n) is 13.2. The van der Waals surface area contributed by atoms with Crippen LogP contribution in [0.2, 0.25) is 10.0 Å². The molecule has 0 aromatic heterocycles. The Balaban J connectivity index is 2.09. The molecule has 2 amide bonds. The molecule has 0 bridgehead atoms. The van der Waals surface area contributed by atoms with Crippen molar-refractivity contribution in [1.82, 2.24) is 10.2 Å². The summed E-state index contributed by atoms with van der Waals surface area (Å²) in [7, 11) is -2.72. The van der Waals surface area contributed by atoms with Crippen LogP contribution in [-0.2, 0) is 26.2 Å². The predicted molar refractivity (Wildman–Crippen MR) is 163 cm³/mol. The Morgan fingerprint density at radius 2 is 1.59 bits per heavy atom. The number of methoxy groups -OCH3 is 1. The summed E-state index contributed by atoms with van der Waals surface area (Å²) in [5, 5.41) is 3.55. The molecule has 0 spiro atoms. The number of carbonyl (C=O) groups excluding carboxylic acids is 2. The standard InChI is InChI=1S/C30H35Cl2N3O5S/c1-5-28(30(37)33-18-21(2)3)34(19-25-26(31)15-10-16-27(25)32)29(36)20-35(22-11-9-12-23(17-22)40-4)41(38,39)24-13-7-6-8-14-24/h6-17,21,28H,5,18-20H2,1-4H3,(H,33,37). The minimum atomic E-state index is -4.19. The fraction of sp³-hybridized carbons (Fsp3) is 0.333. The molecular formula is C30H35Cl2N3O5S. The van der Waals surface area contributed by atoms with Crippen LogP contribution < -0.4 is 14.4 Å². The lowest BCUT2D eigenvalue weighted by atomic mass is 10.1. The minimum Gasteiger partial charge on any atom is -0.497 e. The maximum absolute atomic E-state index is 14.2. The number of nitrogens with one attached hydrogen (secondary N) is 1. The first-order valence-corrected chi connectivity index (χ1v) is 15.4. The summed E-state index contributed by atoms with van der Waals surface area (Å²) < 4.78 is 34.1. The first kappa shape index (κ1) is 32.2. The Kier molecular flexibility index (Phi) is 11.5. The quantitative estimate of drug-likeness (QED) is 0.262. The number of anilines is 1. The summed E-state index contributed by atoms with van der Waals surface area (Å²) in [4.78, 5) is 28.8. The van der Waals surface area contributed by atoms with Crippen LogP contribution in [0.25, 0.3) is 0 Å². The second-order valence-corrected chi connectivity index (χ2v) is 12.5. The van der Waals surface area contributed by atoms with Crippen LogP contribution in [-0.4, -0.2) is 51.4 Å². The number of hydrogen-bond acceptors (Lipinski definition) is 5. The molecule has 0 aliphatic heterocycles. The van der Waals surface area contributed by atoms with Crippen LogP contribution in [0.3, 0.4) is 0 Å². The molecule has 8 nitrogen and oxygen atoms in total. The van der Waals surface area contributed by atoms with E-state index in [1.807, 2.05) is 13.8 Å². The van der Waals surface area contributed by atoms with Crippen LogP contribution >= 0.6 is 23.2 Å². The Morgan fingerprint density at radius 3 is 2.17 bits per heavy atom. The zero-order valence-electron chi connectivity index (χ0n) is 23.5. The highest BCUT2D eigenvalue weighted by Gasteiger charge is 2.34. The van der Waals surface area contributed by atoms with Gasteiger partial charge in [0.2, 0.25) is 11.8 Å². The third-order valence-electron chi connectivity index (χ3n) is 6.41. The third kappa shape index (κ3) is 8.15. The molecule has 0 aliphatic rings. The molecule has 1 atom stereocenters. The van der Waals surface area contributed by atoms with Crippen molar-refractivity contribution in [2.75, 3.05) is 24.5 Å². The van der Waals surface area contributed by atoms with Crippen molar-refractivity contribution in [3.8, 4) is 5.75 Å². The number of sulfonamides is 1. The number of hydrogen-bond donors (Lipinski definition) is 1. The average Bonchev–Trinajstić information content (AvgIpc) is 2.96. The first-order chi connectivity index (χ1) is 19.5. The van der Waals surface area contributed by atoms with Crippen LogP contribution in [0, 0.1) is 5.92 Å². The second-order valence-electron chi connectivity index (χ2n) is 9.81. The van der Waals surface area contributed by atoms with Gasteiger partial charge in [0.15, 0.2) is 0 Å². The Hall–Kier alpha value is -3.27. The molecule has 0 saturated carbocycles. The van der Waals surface area contributed by atoms with E-state index < -0.39 is 28.5 Å². The van der Waals surface area contributed by atoms with Gasteiger partial charge in [0.25, 0.3) is 10.0 Å². The molecule has 41 heavy (non-hydrogen) atoms. The van der Waals surface area contributed by atoms with E-state index in [0.717, 1.165) is 4.31 Å². The number of carbonyl (C=O) groups is 2. The van der Waals surface area contributed by atoms with Gasteiger partial charge in [-0.25, -0.2) is 8.42 Å². The van der Waals surface area contributed by atoms with Crippen molar-refractivity contribution in [3.05, 3.63) is 88.4 Å². The fourth-order valence-corrected chi connectivity index (χ4v) is 6.15. The molecule has 1 N–H and O–H groups in total. The van der Waals surface area contributed by atoms with Gasteiger partial charge in [0.1, 0.15) is 18.3 Å². The van der Waals surface area contributed by atoms with E-state index in [1.54, 1.807) is 61.5 Å². The average molecular weight is 621 g/mol. The van der Waals surface area contributed by atoms with Crippen LogP contribution in [0.15, 0.2) is 77.7 Å². The van der Waals surface area contributed by atoms with Gasteiger partial charge in [-0.2, -0.15) is 0 Å². The summed E-state index contributed by atoms with van der Waals surface area (Å²) in [5.41, 5.74) is 0.688. The molecule has 1 unspecified atom stereocenters. The highest BCUT2D eigenvalue weighted by molar-refractivity contribution is 7.92. The fourth-order valence-electron chi connectivity index (χ4n) is 4.21. The predicted octanol–water partition coefficient (Wildman–Crippen LogP) is 5.78. The van der Waals surface area contributed by atoms with E-state index >= 15 is 0 Å². The summed E-state index contributed by atoms with van der Waals surface area (Å²) in [6.07, 6.45) is 0.280. The summed E-state index contributed by atoms with van der Waals surface area (Å²) in [5.74, 6) is -0.341. The summed E-state index contributed by atoms with van der Waals surface area (Å²) in [6.45, 7) is 5.46. The van der Waals surface area contributed by atoms with Crippen molar-refractivity contribution >= 4 is 50.7 Å². The molecule has 0 heterocycles. The molecule has 0 aliphatic carbocycles. The Bertz CT molecular complexity index is 1430. The maximum Gasteiger partial charge on any atom is 0.264 e. The van der Waals surface area contributed by atoms with Gasteiger partial charge in [-0.3, -0.25) is 13.9 Å². The van der Waals surface area contributed by atoms with Crippen molar-refractivity contribution < 1.29 is 22.7 Å². The number of rotatable bonds is 13. The van der Waals surface area contributed by atoms with E-state index in [4.69, 9.17) is 27.9 Å². The smallest absolute Gasteiger partial charge is 0.264 e. The molecule has 0 saturated heterocycles. The van der Waals surface area contributed by atoms with Gasteiger partial charge in [-0.15, -0.1) is 0 Å². The van der Waals surface area contributed by atoms with E-state index in [9.17, 15) is 18.0 Å². The zero-order chi connectivity index (χ0) is 30.2. The number of ether oxygens (including phenoxy) is 1. The zero-order valence-corrected chi connectivity index (χ0v) is 25.8. The van der Waals surface area contributed by atoms with Crippen LogP contribution in [0.1, 0.15) is 32.8 Å². The molecule has 0 radical (unpaired) electrons. The van der Waals surface area contributed by atoms with Crippen molar-refractivity contribution in [3.63, 3.8) is 0 Å². The highest BCUT2D eigenvalue weighted by Crippen LogP contribution is 2.30. The maximum atomic E-state index is 14.2. The molecule has 3 aromatic carbocycles. The summed E-state index contributed by atoms with van der Waals surface area (Å²) >= 11 is 12.9. The lowest BCUT2D eigenvalue weighted by molar-refractivity contribution is -0.140. The number of amides is 2. The SMILES string of the molecule is CCC(C(=O)NCC(C)C)N(Cc1c(Cl)cccc1Cl)C(=O)CN(c1cccc(OC)c1)S(=O)(=O)c1ccccc1. The number of benzene rings is 3. The highest BCUT2D eigenvalue weighted by atomic mass is 35.5. The molecule has 0 fully saturated rings. The number of nitrogens with zero attached hydrogens (tertiary/aromatic N) is 2. The molecule has 3 rings (SSSR count). The normalized spacial score (nSPS) is 12.1. The van der Waals surface area contributed by atoms with Crippen molar-refractivity contribution in [2.24, 2.45) is 5.92 Å². The second kappa shape index (κ2) is 14.6. The Morgan fingerprint density at radius 1 is 0.951 bits per heavy atom. The lowest BCUT2D eigenvalue weighted by Gasteiger charge is -2.33. The Labute approximate surface area is 252 Å². The van der Waals surface area contributed by atoms with Crippen LogP contribution in [0.5, 0.6) is 5.75 Å². The van der Waals surface area contributed by atoms with Crippen molar-refractivity contribution in [1.29, 1.82) is 0 Å². The van der Waals surface area contributed by atoms with Crippen LogP contribution in [0.4, 0.5) is 5.69 Å². The van der Waals surface area contributed by atoms with Gasteiger partial charge in [-0.1, -0.05) is 74.3 Å². The molecular weight excluding hydrogens is 585 g/mol. The van der Waals surface area contributed by atoms with Gasteiger partial charge in [0, 0.05) is 34.8 Å². The van der Waals surface area contributed by atoms with Crippen molar-refractivity contribution in [2.45, 2.75) is 44.7 Å². The van der Waals surface area contributed by atoms with E-state index in [-0.39, 0.29) is 35.4 Å². The number of halogens is 2. The molecule has 11 heteroatoms. The third-order valence-corrected chi connectivity index (χ3v) is 8.91. The molecule has 220 valence electrons.